The van der Waals surface area contributed by atoms with E-state index >= 15 is 0 Å². The molecule has 1 aliphatic heterocycles. The minimum absolute atomic E-state index is 0.252. The van der Waals surface area contributed by atoms with Gasteiger partial charge in [-0.3, -0.25) is 13.7 Å². The van der Waals surface area contributed by atoms with Crippen LogP contribution in [0.15, 0.2) is 77.4 Å². The third-order valence-electron chi connectivity index (χ3n) is 5.08. The van der Waals surface area contributed by atoms with Gasteiger partial charge in [0, 0.05) is 5.39 Å². The second kappa shape index (κ2) is 10.2. The van der Waals surface area contributed by atoms with Crippen LogP contribution in [0.3, 0.4) is 0 Å². The van der Waals surface area contributed by atoms with Crippen molar-refractivity contribution in [3.63, 3.8) is 0 Å². The van der Waals surface area contributed by atoms with Crippen molar-refractivity contribution in [2.24, 2.45) is 20.2 Å². The molecule has 4 rings (SSSR count). The molecular formula is C19H14Cl2N6O10S3. The first-order valence-corrected chi connectivity index (χ1v) is 15.3. The molecule has 0 saturated heterocycles. The molecule has 0 saturated carbocycles. The van der Waals surface area contributed by atoms with E-state index in [2.05, 4.69) is 30.8 Å². The zero-order valence-electron chi connectivity index (χ0n) is 19.1. The first kappa shape index (κ1) is 29.6. The third kappa shape index (κ3) is 6.15. The monoisotopic (exact) mass is 652 g/mol. The standard InChI is InChI=1S/C19H14Cl2N6O10S3/c20-18-22-8-23-19(21,25-18)24-12-7-10(38(29,30)31)5-9-6-14(40(35,36)37)16(17(28)15(9)12)27-26-11-3-1-2-4-13(11)39(32,33)34/h1-8,24,28H,(H,22,23,25)(H,29,30,31)(H,32,33,34)(H,35,36,37)/b27-26+. The molecule has 0 fully saturated rings. The predicted molar refractivity (Wildman–Crippen MR) is 143 cm³/mol. The summed E-state index contributed by atoms with van der Waals surface area (Å²) in [7, 11) is -14.9. The molecule has 0 spiro atoms. The number of aromatic hydroxyl groups is 1. The summed E-state index contributed by atoms with van der Waals surface area (Å²) in [4.78, 5) is 4.85. The molecule has 0 radical (unpaired) electrons. The van der Waals surface area contributed by atoms with E-state index in [0.29, 0.717) is 6.07 Å². The summed E-state index contributed by atoms with van der Waals surface area (Å²) in [6.07, 6.45) is 0.941. The Morgan fingerprint density at radius 3 is 2.15 bits per heavy atom. The lowest BCUT2D eigenvalue weighted by Crippen LogP contribution is -2.48. The van der Waals surface area contributed by atoms with Gasteiger partial charge in [0.05, 0.1) is 10.6 Å². The van der Waals surface area contributed by atoms with Crippen molar-refractivity contribution in [3.05, 3.63) is 42.5 Å². The minimum atomic E-state index is -5.21. The number of rotatable bonds is 7. The van der Waals surface area contributed by atoms with Crippen molar-refractivity contribution >= 4 is 93.0 Å². The van der Waals surface area contributed by atoms with E-state index in [4.69, 9.17) is 23.2 Å². The lowest BCUT2D eigenvalue weighted by molar-refractivity contribution is 0.471. The van der Waals surface area contributed by atoms with Gasteiger partial charge in [0.15, 0.2) is 5.75 Å². The van der Waals surface area contributed by atoms with Crippen LogP contribution >= 0.6 is 23.2 Å². The smallest absolute Gasteiger partial charge is 0.296 e. The number of halogens is 2. The summed E-state index contributed by atoms with van der Waals surface area (Å²) in [5.74, 6) is -1.03. The molecule has 40 heavy (non-hydrogen) atoms. The number of phenolic OH excluding ortho intramolecular Hbond substituents is 1. The molecule has 1 heterocycles. The quantitative estimate of drug-likeness (QED) is 0.0930. The van der Waals surface area contributed by atoms with Crippen molar-refractivity contribution in [2.45, 2.75) is 19.9 Å². The van der Waals surface area contributed by atoms with Crippen molar-refractivity contribution in [2.75, 3.05) is 5.32 Å². The van der Waals surface area contributed by atoms with E-state index in [1.807, 2.05) is 0 Å². The topological polar surface area (TPSA) is 257 Å². The molecule has 1 aliphatic rings. The molecule has 212 valence electrons. The van der Waals surface area contributed by atoms with Crippen molar-refractivity contribution in [3.8, 4) is 5.75 Å². The maximum atomic E-state index is 12.2. The summed E-state index contributed by atoms with van der Waals surface area (Å²) >= 11 is 12.1. The van der Waals surface area contributed by atoms with Crippen molar-refractivity contribution < 1.29 is 44.0 Å². The zero-order valence-corrected chi connectivity index (χ0v) is 23.1. The fraction of sp³-hybridized carbons (Fsp3) is 0.0526. The first-order valence-electron chi connectivity index (χ1n) is 10.2. The minimum Gasteiger partial charge on any atom is -0.505 e. The molecule has 3 aromatic carbocycles. The average molecular weight is 653 g/mol. The highest BCUT2D eigenvalue weighted by Gasteiger charge is 2.32. The summed E-state index contributed by atoms with van der Waals surface area (Å²) in [6.45, 7) is 0. The number of nitrogens with one attached hydrogen (secondary N) is 2. The van der Waals surface area contributed by atoms with Crippen molar-refractivity contribution in [1.29, 1.82) is 0 Å². The Balaban J connectivity index is 2.04. The van der Waals surface area contributed by atoms with E-state index < -0.39 is 67.4 Å². The Morgan fingerprint density at radius 1 is 0.900 bits per heavy atom. The van der Waals surface area contributed by atoms with Gasteiger partial charge in [0.25, 0.3) is 35.6 Å². The van der Waals surface area contributed by atoms with E-state index in [0.717, 1.165) is 30.6 Å². The molecule has 3 aromatic rings. The fourth-order valence-corrected chi connectivity index (χ4v) is 5.75. The maximum absolute atomic E-state index is 12.2. The Hall–Kier alpha value is -3.43. The number of hydrogen-bond donors (Lipinski definition) is 6. The maximum Gasteiger partial charge on any atom is 0.296 e. The normalized spacial score (nSPS) is 18.1. The average Bonchev–Trinajstić information content (AvgIpc) is 2.81. The van der Waals surface area contributed by atoms with Gasteiger partial charge < -0.3 is 15.7 Å². The summed E-state index contributed by atoms with van der Waals surface area (Å²) in [5.41, 5.74) is -1.78. The largest absolute Gasteiger partial charge is 0.505 e. The number of hydrogen-bond acceptors (Lipinski definition) is 13. The highest BCUT2D eigenvalue weighted by atomic mass is 35.5. The molecular weight excluding hydrogens is 639 g/mol. The number of azo groups is 1. The highest BCUT2D eigenvalue weighted by molar-refractivity contribution is 7.86. The van der Waals surface area contributed by atoms with Gasteiger partial charge in [-0.05, 0) is 58.9 Å². The van der Waals surface area contributed by atoms with Crippen LogP contribution in [0.1, 0.15) is 0 Å². The van der Waals surface area contributed by atoms with Gasteiger partial charge in [-0.15, -0.1) is 10.2 Å². The molecule has 0 bridgehead atoms. The van der Waals surface area contributed by atoms with E-state index in [1.54, 1.807) is 0 Å². The second-order valence-corrected chi connectivity index (χ2v) is 12.9. The molecule has 0 amide bonds. The Bertz CT molecular complexity index is 1980. The van der Waals surface area contributed by atoms with Crippen LogP contribution in [-0.2, 0) is 30.4 Å². The zero-order chi connectivity index (χ0) is 29.7. The van der Waals surface area contributed by atoms with Crippen molar-refractivity contribution in [1.82, 2.24) is 5.32 Å². The van der Waals surface area contributed by atoms with Gasteiger partial charge in [-0.2, -0.15) is 25.3 Å². The second-order valence-electron chi connectivity index (χ2n) is 7.77. The number of benzene rings is 3. The molecule has 21 heteroatoms. The number of anilines is 1. The van der Waals surface area contributed by atoms with E-state index in [1.165, 1.54) is 12.1 Å². The van der Waals surface area contributed by atoms with Crippen LogP contribution in [0.4, 0.5) is 17.1 Å². The van der Waals surface area contributed by atoms with Gasteiger partial charge in [0.1, 0.15) is 27.5 Å². The first-order chi connectivity index (χ1) is 18.4. The van der Waals surface area contributed by atoms with Crippen LogP contribution < -0.4 is 10.6 Å². The summed E-state index contributed by atoms with van der Waals surface area (Å²) in [5, 5.41) is 20.3. The lowest BCUT2D eigenvalue weighted by atomic mass is 10.1. The highest BCUT2D eigenvalue weighted by Crippen LogP contribution is 2.46. The van der Waals surface area contributed by atoms with Gasteiger partial charge in [0.2, 0.25) is 5.29 Å². The number of nitrogens with zero attached hydrogens (tertiary/aromatic N) is 4. The molecule has 0 aliphatic carbocycles. The van der Waals surface area contributed by atoms with Crippen LogP contribution in [0.5, 0.6) is 5.75 Å². The van der Waals surface area contributed by atoms with Gasteiger partial charge in [-0.25, -0.2) is 9.98 Å². The molecule has 16 nitrogen and oxygen atoms in total. The number of fused-ring (bicyclic) bond motifs is 1. The molecule has 0 aromatic heterocycles. The van der Waals surface area contributed by atoms with Gasteiger partial charge >= 0.3 is 0 Å². The van der Waals surface area contributed by atoms with Crippen LogP contribution in [-0.4, -0.2) is 60.9 Å². The van der Waals surface area contributed by atoms with Crippen LogP contribution in [0.25, 0.3) is 10.8 Å². The summed E-state index contributed by atoms with van der Waals surface area (Å²) in [6, 6.07) is 6.91. The number of phenols is 1. The van der Waals surface area contributed by atoms with Crippen LogP contribution in [0.2, 0.25) is 0 Å². The molecule has 6 N–H and O–H groups in total. The number of aliphatic imine (C=N–C) groups is 2. The number of alkyl halides is 1. The molecule has 1 unspecified atom stereocenters. The Morgan fingerprint density at radius 2 is 1.55 bits per heavy atom. The number of amidine groups is 1. The SMILES string of the molecule is O=S(=O)(O)c1cc(NC2(Cl)N=CN=C(Cl)N2)c2c(O)c(/N=N/c3ccccc3S(=O)(=O)O)c(S(=O)(=O)O)cc2c1. The fourth-order valence-electron chi connectivity index (χ4n) is 3.46. The summed E-state index contributed by atoms with van der Waals surface area (Å²) < 4.78 is 101. The van der Waals surface area contributed by atoms with Gasteiger partial charge in [-0.1, -0.05) is 12.1 Å². The van der Waals surface area contributed by atoms with Crippen LogP contribution in [0, 0.1) is 0 Å². The Labute approximate surface area is 235 Å². The van der Waals surface area contributed by atoms with E-state index in [-0.39, 0.29) is 21.8 Å². The predicted octanol–water partition coefficient (Wildman–Crippen LogP) is 3.19. The van der Waals surface area contributed by atoms with E-state index in [9.17, 15) is 44.0 Å². The molecule has 1 atom stereocenters. The Kier molecular flexibility index (Phi) is 7.53. The third-order valence-corrected chi connectivity index (χ3v) is 8.15. The lowest BCUT2D eigenvalue weighted by Gasteiger charge is -2.28.